The Morgan fingerprint density at radius 3 is 2.36 bits per heavy atom. The van der Waals surface area contributed by atoms with E-state index in [1.165, 1.54) is 6.92 Å². The van der Waals surface area contributed by atoms with Crippen LogP contribution in [0, 0.1) is 0 Å². The third kappa shape index (κ3) is 4.98. The zero-order valence-corrected chi connectivity index (χ0v) is 24.5. The fraction of sp³-hybridized carbons (Fsp3) is 0.156. The summed E-state index contributed by atoms with van der Waals surface area (Å²) in [4.78, 5) is 39.1. The Bertz CT molecular complexity index is 1740. The standard InChI is InChI=1S/C32H24Cl3N3O4/c1-17(39)36-22-7-9-23(10-8-22)42-28-12-6-20(34)14-24(28)30-32(25-11-5-21(35)15-27(25)37-31(32)41)26(16-29(40)38-30)18-3-2-4-19(33)13-18/h2-15,26,30H,16H2,1H3,(H,36,39)(H,37,41)(H,38,40)/t26-,30+,32-/m1/s1. The van der Waals surface area contributed by atoms with Crippen LogP contribution in [0.3, 0.4) is 0 Å². The molecule has 1 saturated heterocycles. The first-order valence-electron chi connectivity index (χ1n) is 13.2. The van der Waals surface area contributed by atoms with Crippen molar-refractivity contribution in [1.29, 1.82) is 0 Å². The van der Waals surface area contributed by atoms with Crippen LogP contribution in [-0.4, -0.2) is 17.7 Å². The number of hydrogen-bond donors (Lipinski definition) is 3. The van der Waals surface area contributed by atoms with Crippen molar-refractivity contribution in [2.75, 3.05) is 10.6 Å². The van der Waals surface area contributed by atoms with E-state index in [9.17, 15) is 14.4 Å². The molecule has 3 amide bonds. The third-order valence-corrected chi connectivity index (χ3v) is 8.39. The van der Waals surface area contributed by atoms with Crippen molar-refractivity contribution >= 4 is 63.9 Å². The number of hydrogen-bond acceptors (Lipinski definition) is 4. The number of fused-ring (bicyclic) bond motifs is 2. The molecule has 2 heterocycles. The Balaban J connectivity index is 1.53. The molecule has 0 saturated carbocycles. The van der Waals surface area contributed by atoms with Gasteiger partial charge in [0.2, 0.25) is 17.7 Å². The lowest BCUT2D eigenvalue weighted by Gasteiger charge is -2.46. The van der Waals surface area contributed by atoms with E-state index in [1.807, 2.05) is 12.1 Å². The lowest BCUT2D eigenvalue weighted by molar-refractivity contribution is -0.131. The van der Waals surface area contributed by atoms with E-state index < -0.39 is 17.4 Å². The van der Waals surface area contributed by atoms with E-state index in [2.05, 4.69) is 16.0 Å². The summed E-state index contributed by atoms with van der Waals surface area (Å²) in [7, 11) is 0. The molecule has 1 fully saturated rings. The quantitative estimate of drug-likeness (QED) is 0.214. The van der Waals surface area contributed by atoms with Crippen LogP contribution in [0.15, 0.2) is 84.9 Å². The zero-order chi connectivity index (χ0) is 29.6. The van der Waals surface area contributed by atoms with E-state index >= 15 is 0 Å². The van der Waals surface area contributed by atoms with Crippen LogP contribution in [0.25, 0.3) is 0 Å². The van der Waals surface area contributed by atoms with E-state index in [-0.39, 0.29) is 24.1 Å². The van der Waals surface area contributed by atoms with Gasteiger partial charge in [-0.25, -0.2) is 0 Å². The maximum absolute atomic E-state index is 14.3. The Kier molecular flexibility index (Phi) is 7.35. The number of nitrogens with one attached hydrogen (secondary N) is 3. The number of carbonyl (C=O) groups excluding carboxylic acids is 3. The van der Waals surface area contributed by atoms with Gasteiger partial charge in [-0.1, -0.05) is 53.0 Å². The van der Waals surface area contributed by atoms with Crippen LogP contribution < -0.4 is 20.7 Å². The molecule has 0 aromatic heterocycles. The molecule has 10 heteroatoms. The first kappa shape index (κ1) is 28.1. The highest BCUT2D eigenvalue weighted by Gasteiger charge is 2.61. The summed E-state index contributed by atoms with van der Waals surface area (Å²) in [5.74, 6) is -0.415. The normalized spacial score (nSPS) is 21.0. The molecule has 3 N–H and O–H groups in total. The first-order chi connectivity index (χ1) is 20.1. The van der Waals surface area contributed by atoms with Gasteiger partial charge in [0.1, 0.15) is 16.9 Å². The third-order valence-electron chi connectivity index (χ3n) is 7.69. The van der Waals surface area contributed by atoms with Gasteiger partial charge < -0.3 is 20.7 Å². The van der Waals surface area contributed by atoms with Gasteiger partial charge in [-0.15, -0.1) is 0 Å². The van der Waals surface area contributed by atoms with Crippen molar-refractivity contribution < 1.29 is 19.1 Å². The van der Waals surface area contributed by atoms with Gasteiger partial charge in [0.25, 0.3) is 0 Å². The minimum Gasteiger partial charge on any atom is -0.457 e. The molecule has 6 rings (SSSR count). The van der Waals surface area contributed by atoms with Gasteiger partial charge in [-0.2, -0.15) is 0 Å². The summed E-state index contributed by atoms with van der Waals surface area (Å²) in [6.07, 6.45) is 0.0493. The zero-order valence-electron chi connectivity index (χ0n) is 22.2. The maximum Gasteiger partial charge on any atom is 0.238 e. The van der Waals surface area contributed by atoms with Crippen molar-refractivity contribution in [3.63, 3.8) is 0 Å². The van der Waals surface area contributed by atoms with Crippen molar-refractivity contribution in [1.82, 2.24) is 5.32 Å². The number of ether oxygens (including phenoxy) is 1. The number of carbonyl (C=O) groups is 3. The van der Waals surface area contributed by atoms with Crippen molar-refractivity contribution in [2.45, 2.75) is 30.7 Å². The van der Waals surface area contributed by atoms with E-state index in [1.54, 1.807) is 72.8 Å². The molecule has 0 unspecified atom stereocenters. The molecule has 0 aliphatic carbocycles. The fourth-order valence-electron chi connectivity index (χ4n) is 6.04. The molecule has 7 nitrogen and oxygen atoms in total. The van der Waals surface area contributed by atoms with Crippen molar-refractivity contribution in [3.8, 4) is 11.5 Å². The maximum atomic E-state index is 14.3. The number of anilines is 2. The van der Waals surface area contributed by atoms with Crippen LogP contribution in [-0.2, 0) is 19.8 Å². The predicted octanol–water partition coefficient (Wildman–Crippen LogP) is 7.63. The molecule has 212 valence electrons. The summed E-state index contributed by atoms with van der Waals surface area (Å²) in [6, 6.07) is 23.6. The predicted molar refractivity (Wildman–Crippen MR) is 164 cm³/mol. The summed E-state index contributed by atoms with van der Waals surface area (Å²) in [5, 5.41) is 10.2. The summed E-state index contributed by atoms with van der Waals surface area (Å²) in [6.45, 7) is 1.43. The van der Waals surface area contributed by atoms with Crippen LogP contribution in [0.1, 0.15) is 42.0 Å². The van der Waals surface area contributed by atoms with Gasteiger partial charge in [0.05, 0.1) is 6.04 Å². The second-order valence-corrected chi connectivity index (χ2v) is 11.6. The molecule has 0 radical (unpaired) electrons. The topological polar surface area (TPSA) is 96.5 Å². The summed E-state index contributed by atoms with van der Waals surface area (Å²) >= 11 is 19.3. The average Bonchev–Trinajstić information content (AvgIpc) is 3.22. The Labute approximate surface area is 257 Å². The Morgan fingerprint density at radius 1 is 0.905 bits per heavy atom. The van der Waals surface area contributed by atoms with E-state index in [0.717, 1.165) is 5.56 Å². The number of amides is 3. The van der Waals surface area contributed by atoms with E-state index in [0.29, 0.717) is 49.1 Å². The lowest BCUT2D eigenvalue weighted by atomic mass is 9.59. The number of rotatable bonds is 5. The number of halogens is 3. The molecule has 2 aliphatic rings. The minimum absolute atomic E-state index is 0.0493. The summed E-state index contributed by atoms with van der Waals surface area (Å²) < 4.78 is 6.32. The highest BCUT2D eigenvalue weighted by Crippen LogP contribution is 2.58. The molecule has 3 atom stereocenters. The Morgan fingerprint density at radius 2 is 1.62 bits per heavy atom. The molecule has 0 bridgehead atoms. The number of benzene rings is 4. The average molecular weight is 621 g/mol. The van der Waals surface area contributed by atoms with Crippen LogP contribution in [0.2, 0.25) is 15.1 Å². The number of piperidine rings is 1. The SMILES string of the molecule is CC(=O)Nc1ccc(Oc2ccc(Cl)cc2[C@@H]2NC(=O)C[C@H](c3cccc(Cl)c3)[C@@]23C(=O)Nc2cc(Cl)ccc23)cc1. The van der Waals surface area contributed by atoms with Crippen LogP contribution in [0.4, 0.5) is 11.4 Å². The van der Waals surface area contributed by atoms with Gasteiger partial charge >= 0.3 is 0 Å². The highest BCUT2D eigenvalue weighted by molar-refractivity contribution is 6.31. The minimum atomic E-state index is -1.30. The molecule has 4 aromatic rings. The fourth-order valence-corrected chi connectivity index (χ4v) is 6.60. The van der Waals surface area contributed by atoms with Crippen molar-refractivity contribution in [2.24, 2.45) is 0 Å². The first-order valence-corrected chi connectivity index (χ1v) is 14.3. The Hall–Kier alpha value is -4.04. The molecule has 2 aliphatic heterocycles. The van der Waals surface area contributed by atoms with Gasteiger partial charge in [0.15, 0.2) is 0 Å². The molecule has 1 spiro atoms. The van der Waals surface area contributed by atoms with Crippen LogP contribution in [0.5, 0.6) is 11.5 Å². The van der Waals surface area contributed by atoms with Gasteiger partial charge in [-0.05, 0) is 77.9 Å². The van der Waals surface area contributed by atoms with E-state index in [4.69, 9.17) is 39.5 Å². The largest absolute Gasteiger partial charge is 0.457 e. The molecule has 42 heavy (non-hydrogen) atoms. The molecular weight excluding hydrogens is 597 g/mol. The second-order valence-electron chi connectivity index (χ2n) is 10.3. The highest BCUT2D eigenvalue weighted by atomic mass is 35.5. The van der Waals surface area contributed by atoms with Crippen molar-refractivity contribution in [3.05, 3.63) is 117 Å². The monoisotopic (exact) mass is 619 g/mol. The lowest BCUT2D eigenvalue weighted by Crippen LogP contribution is -2.56. The second kappa shape index (κ2) is 11.0. The van der Waals surface area contributed by atoms with Gasteiger partial charge in [0, 0.05) is 51.3 Å². The van der Waals surface area contributed by atoms with Gasteiger partial charge in [-0.3, -0.25) is 14.4 Å². The summed E-state index contributed by atoms with van der Waals surface area (Å²) in [5.41, 5.74) is 1.85. The molecular formula is C32H24Cl3N3O4. The molecule has 4 aromatic carbocycles. The smallest absolute Gasteiger partial charge is 0.238 e. The van der Waals surface area contributed by atoms with Crippen LogP contribution >= 0.6 is 34.8 Å².